The van der Waals surface area contributed by atoms with E-state index in [9.17, 15) is 9.59 Å². The lowest BCUT2D eigenvalue weighted by molar-refractivity contribution is -0.131. The maximum Gasteiger partial charge on any atom is 0.240 e. The van der Waals surface area contributed by atoms with Crippen LogP contribution in [-0.2, 0) is 9.59 Å². The van der Waals surface area contributed by atoms with Crippen LogP contribution in [-0.4, -0.2) is 18.4 Å². The third-order valence-electron chi connectivity index (χ3n) is 4.49. The summed E-state index contributed by atoms with van der Waals surface area (Å²) in [5, 5.41) is 6.30. The largest absolute Gasteiger partial charge is 0.492 e. The minimum atomic E-state index is -1.04. The van der Waals surface area contributed by atoms with Gasteiger partial charge in [-0.2, -0.15) is 0 Å². The van der Waals surface area contributed by atoms with Crippen LogP contribution in [0.2, 0.25) is 5.02 Å². The van der Waals surface area contributed by atoms with Crippen molar-refractivity contribution in [1.29, 1.82) is 0 Å². The molecule has 0 heterocycles. The highest BCUT2D eigenvalue weighted by molar-refractivity contribution is 6.30. The number of ether oxygens (including phenoxy) is 1. The highest BCUT2D eigenvalue weighted by atomic mass is 35.5. The molecular formula is C20H21ClN2O3. The zero-order valence-corrected chi connectivity index (χ0v) is 15.5. The second-order valence-corrected chi connectivity index (χ2v) is 6.82. The number of nitrogens with one attached hydrogen (secondary N) is 2. The van der Waals surface area contributed by atoms with Gasteiger partial charge in [0.25, 0.3) is 0 Å². The molecule has 1 aliphatic carbocycles. The number of amides is 2. The van der Waals surface area contributed by atoms with Crippen molar-refractivity contribution in [2.75, 3.05) is 17.2 Å². The molecule has 1 aliphatic rings. The Bertz CT molecular complexity index is 847. The summed E-state index contributed by atoms with van der Waals surface area (Å²) in [4.78, 5) is 25.5. The molecule has 0 aliphatic heterocycles. The normalized spacial score (nSPS) is 14.4. The summed E-state index contributed by atoms with van der Waals surface area (Å²) in [5.41, 5.74) is 1.05. The number of hydrogen-bond acceptors (Lipinski definition) is 3. The Morgan fingerprint density at radius 1 is 1.08 bits per heavy atom. The molecule has 2 aromatic carbocycles. The molecule has 0 saturated heterocycles. The maximum atomic E-state index is 12.8. The van der Waals surface area contributed by atoms with Crippen molar-refractivity contribution in [3.63, 3.8) is 0 Å². The van der Waals surface area contributed by atoms with E-state index >= 15 is 0 Å². The lowest BCUT2D eigenvalue weighted by atomic mass is 10.0. The SMILES string of the molecule is CCOc1ccccc1NC(=O)C1(C(=O)Nc2ccc(Cl)cc2C)CC1. The number of aryl methyl sites for hydroxylation is 1. The van der Waals surface area contributed by atoms with E-state index in [1.54, 1.807) is 30.3 Å². The topological polar surface area (TPSA) is 67.4 Å². The summed E-state index contributed by atoms with van der Waals surface area (Å²) in [6.45, 7) is 4.23. The highest BCUT2D eigenvalue weighted by Gasteiger charge is 2.56. The van der Waals surface area contributed by atoms with Crippen molar-refractivity contribution in [3.8, 4) is 5.75 Å². The average molecular weight is 373 g/mol. The van der Waals surface area contributed by atoms with Crippen molar-refractivity contribution in [2.24, 2.45) is 5.41 Å². The first kappa shape index (κ1) is 18.3. The Balaban J connectivity index is 1.74. The maximum absolute atomic E-state index is 12.8. The van der Waals surface area contributed by atoms with Gasteiger partial charge in [-0.25, -0.2) is 0 Å². The minimum Gasteiger partial charge on any atom is -0.492 e. The van der Waals surface area contributed by atoms with Gasteiger partial charge in [0.05, 0.1) is 12.3 Å². The Morgan fingerprint density at radius 3 is 2.35 bits per heavy atom. The third kappa shape index (κ3) is 3.68. The first-order valence-electron chi connectivity index (χ1n) is 8.57. The van der Waals surface area contributed by atoms with Gasteiger partial charge in [0.2, 0.25) is 11.8 Å². The van der Waals surface area contributed by atoms with Gasteiger partial charge < -0.3 is 15.4 Å². The first-order chi connectivity index (χ1) is 12.5. The number of anilines is 2. The van der Waals surface area contributed by atoms with Crippen LogP contribution < -0.4 is 15.4 Å². The summed E-state index contributed by atoms with van der Waals surface area (Å²) >= 11 is 5.95. The highest BCUT2D eigenvalue weighted by Crippen LogP contribution is 2.48. The third-order valence-corrected chi connectivity index (χ3v) is 4.73. The van der Waals surface area contributed by atoms with Crippen LogP contribution in [0.5, 0.6) is 5.75 Å². The van der Waals surface area contributed by atoms with Crippen molar-refractivity contribution in [1.82, 2.24) is 0 Å². The Kier molecular flexibility index (Phi) is 5.18. The quantitative estimate of drug-likeness (QED) is 0.738. The number of carbonyl (C=O) groups excluding carboxylic acids is 2. The number of halogens is 1. The van der Waals surface area contributed by atoms with Crippen molar-refractivity contribution >= 4 is 34.8 Å². The van der Waals surface area contributed by atoms with Gasteiger partial charge in [0, 0.05) is 10.7 Å². The van der Waals surface area contributed by atoms with Gasteiger partial charge in [-0.1, -0.05) is 23.7 Å². The lowest BCUT2D eigenvalue weighted by Crippen LogP contribution is -2.35. The van der Waals surface area contributed by atoms with Crippen molar-refractivity contribution in [3.05, 3.63) is 53.1 Å². The fourth-order valence-electron chi connectivity index (χ4n) is 2.78. The molecule has 1 fully saturated rings. The van der Waals surface area contributed by atoms with E-state index in [0.717, 1.165) is 5.56 Å². The van der Waals surface area contributed by atoms with Crippen LogP contribution in [0.15, 0.2) is 42.5 Å². The number of benzene rings is 2. The molecule has 26 heavy (non-hydrogen) atoms. The van der Waals surface area contributed by atoms with Crippen LogP contribution in [0, 0.1) is 12.3 Å². The minimum absolute atomic E-state index is 0.297. The lowest BCUT2D eigenvalue weighted by Gasteiger charge is -2.18. The van der Waals surface area contributed by atoms with Gasteiger partial charge >= 0.3 is 0 Å². The zero-order valence-electron chi connectivity index (χ0n) is 14.8. The molecule has 136 valence electrons. The molecule has 0 aromatic heterocycles. The molecule has 0 atom stereocenters. The van der Waals surface area contributed by atoms with Gasteiger partial charge in [-0.3, -0.25) is 9.59 Å². The van der Waals surface area contributed by atoms with Crippen LogP contribution in [0.3, 0.4) is 0 Å². The second kappa shape index (κ2) is 7.38. The fourth-order valence-corrected chi connectivity index (χ4v) is 3.01. The molecule has 2 aromatic rings. The number of para-hydroxylation sites is 2. The summed E-state index contributed by atoms with van der Waals surface area (Å²) in [5.74, 6) is -0.0174. The van der Waals surface area contributed by atoms with E-state index in [4.69, 9.17) is 16.3 Å². The number of hydrogen-bond donors (Lipinski definition) is 2. The van der Waals surface area contributed by atoms with E-state index < -0.39 is 5.41 Å². The predicted octanol–water partition coefficient (Wildman–Crippen LogP) is 4.40. The molecule has 2 N–H and O–H groups in total. The van der Waals surface area contributed by atoms with Crippen LogP contribution in [0.4, 0.5) is 11.4 Å². The zero-order chi connectivity index (χ0) is 18.7. The predicted molar refractivity (Wildman–Crippen MR) is 103 cm³/mol. The Labute approximate surface area is 157 Å². The van der Waals surface area contributed by atoms with Gasteiger partial charge in [0.15, 0.2) is 0 Å². The Morgan fingerprint density at radius 2 is 1.73 bits per heavy atom. The summed E-state index contributed by atoms with van der Waals surface area (Å²) in [6, 6.07) is 12.4. The van der Waals surface area contributed by atoms with Gasteiger partial charge in [0.1, 0.15) is 11.2 Å². The number of carbonyl (C=O) groups is 2. The van der Waals surface area contributed by atoms with E-state index in [1.165, 1.54) is 0 Å². The van der Waals surface area contributed by atoms with Gasteiger partial charge in [-0.15, -0.1) is 0 Å². The van der Waals surface area contributed by atoms with E-state index in [1.807, 2.05) is 26.0 Å². The molecular weight excluding hydrogens is 352 g/mol. The standard InChI is InChI=1S/C20H21ClN2O3/c1-3-26-17-7-5-4-6-16(17)23-19(25)20(10-11-20)18(24)22-15-9-8-14(21)12-13(15)2/h4-9,12H,3,10-11H2,1-2H3,(H,22,24)(H,23,25). The molecule has 3 rings (SSSR count). The second-order valence-electron chi connectivity index (χ2n) is 6.38. The van der Waals surface area contributed by atoms with Crippen molar-refractivity contribution in [2.45, 2.75) is 26.7 Å². The van der Waals surface area contributed by atoms with Crippen LogP contribution in [0.1, 0.15) is 25.3 Å². The molecule has 2 amide bonds. The van der Waals surface area contributed by atoms with Crippen LogP contribution in [0.25, 0.3) is 0 Å². The van der Waals surface area contributed by atoms with Crippen molar-refractivity contribution < 1.29 is 14.3 Å². The molecule has 0 bridgehead atoms. The fraction of sp³-hybridized carbons (Fsp3) is 0.300. The summed E-state index contributed by atoms with van der Waals surface area (Å²) in [6.07, 6.45) is 1.04. The first-order valence-corrected chi connectivity index (χ1v) is 8.95. The molecule has 0 radical (unpaired) electrons. The van der Waals surface area contributed by atoms with Crippen LogP contribution >= 0.6 is 11.6 Å². The van der Waals surface area contributed by atoms with Gasteiger partial charge in [-0.05, 0) is 62.6 Å². The molecule has 5 nitrogen and oxygen atoms in total. The smallest absolute Gasteiger partial charge is 0.240 e. The van der Waals surface area contributed by atoms with E-state index in [0.29, 0.717) is 41.6 Å². The molecule has 0 unspecified atom stereocenters. The van der Waals surface area contributed by atoms with E-state index in [-0.39, 0.29) is 11.8 Å². The van der Waals surface area contributed by atoms with E-state index in [2.05, 4.69) is 10.6 Å². The molecule has 0 spiro atoms. The average Bonchev–Trinajstić information content (AvgIpc) is 3.41. The summed E-state index contributed by atoms with van der Waals surface area (Å²) < 4.78 is 5.53. The molecule has 6 heteroatoms. The summed E-state index contributed by atoms with van der Waals surface area (Å²) in [7, 11) is 0. The Hall–Kier alpha value is -2.53. The monoisotopic (exact) mass is 372 g/mol. The molecule has 1 saturated carbocycles. The number of rotatable bonds is 6.